The molecule has 1 atom stereocenters. The highest BCUT2D eigenvalue weighted by Crippen LogP contribution is 2.25. The van der Waals surface area contributed by atoms with Crippen LogP contribution >= 0.6 is 0 Å². The second kappa shape index (κ2) is 7.36. The van der Waals surface area contributed by atoms with Crippen LogP contribution < -0.4 is 0 Å². The first-order chi connectivity index (χ1) is 11.6. The van der Waals surface area contributed by atoms with Crippen molar-refractivity contribution in [3.63, 3.8) is 0 Å². The van der Waals surface area contributed by atoms with Gasteiger partial charge in [-0.15, -0.1) is 0 Å². The fraction of sp³-hybridized carbons (Fsp3) is 0.722. The van der Waals surface area contributed by atoms with Crippen LogP contribution in [0.4, 0.5) is 0 Å². The van der Waals surface area contributed by atoms with Crippen LogP contribution in [0.3, 0.4) is 0 Å². The number of amides is 2. The highest BCUT2D eigenvalue weighted by Gasteiger charge is 2.34. The van der Waals surface area contributed by atoms with Crippen LogP contribution in [0, 0.1) is 0 Å². The summed E-state index contributed by atoms with van der Waals surface area (Å²) in [7, 11) is 0. The standard InChI is InChI=1S/C18H27N3O3/c1-3-13(4-2)15-11-16(24-19-15)18(23)20-9-5-7-14(12-20)21-10-6-8-17(21)22/h11,13-14H,3-10,12H2,1-2H3/t14-/m1/s1. The average molecular weight is 333 g/mol. The first-order valence-electron chi connectivity index (χ1n) is 9.19. The van der Waals surface area contributed by atoms with Crippen LogP contribution in [0.1, 0.15) is 74.5 Å². The van der Waals surface area contributed by atoms with Crippen LogP contribution in [-0.2, 0) is 4.79 Å². The summed E-state index contributed by atoms with van der Waals surface area (Å²) in [6, 6.07) is 1.95. The lowest BCUT2D eigenvalue weighted by Crippen LogP contribution is -2.50. The van der Waals surface area contributed by atoms with Gasteiger partial charge in [0.25, 0.3) is 5.91 Å². The summed E-state index contributed by atoms with van der Waals surface area (Å²) in [4.78, 5) is 28.5. The second-order valence-electron chi connectivity index (χ2n) is 6.87. The minimum atomic E-state index is -0.101. The Labute approximate surface area is 143 Å². The molecule has 2 fully saturated rings. The number of hydrogen-bond donors (Lipinski definition) is 0. The molecule has 132 valence electrons. The molecule has 2 amide bonds. The largest absolute Gasteiger partial charge is 0.351 e. The van der Waals surface area contributed by atoms with Crippen molar-refractivity contribution in [2.24, 2.45) is 0 Å². The molecule has 0 aromatic carbocycles. The number of piperidine rings is 1. The van der Waals surface area contributed by atoms with Crippen LogP contribution in [0.2, 0.25) is 0 Å². The fourth-order valence-electron chi connectivity index (χ4n) is 3.89. The Morgan fingerprint density at radius 1 is 1.33 bits per heavy atom. The van der Waals surface area contributed by atoms with Crippen LogP contribution in [-0.4, -0.2) is 52.4 Å². The number of nitrogens with zero attached hydrogens (tertiary/aromatic N) is 3. The Morgan fingerprint density at radius 3 is 2.79 bits per heavy atom. The molecule has 2 aliphatic heterocycles. The molecular weight excluding hydrogens is 306 g/mol. The first kappa shape index (κ1) is 17.0. The molecule has 0 saturated carbocycles. The molecule has 6 nitrogen and oxygen atoms in total. The molecular formula is C18H27N3O3. The lowest BCUT2D eigenvalue weighted by atomic mass is 9.99. The quantitative estimate of drug-likeness (QED) is 0.831. The van der Waals surface area contributed by atoms with Crippen molar-refractivity contribution in [3.05, 3.63) is 17.5 Å². The van der Waals surface area contributed by atoms with Gasteiger partial charge in [-0.2, -0.15) is 0 Å². The van der Waals surface area contributed by atoms with Crippen LogP contribution in [0.5, 0.6) is 0 Å². The number of carbonyl (C=O) groups is 2. The van der Waals surface area contributed by atoms with Gasteiger partial charge >= 0.3 is 0 Å². The Kier molecular flexibility index (Phi) is 5.21. The lowest BCUT2D eigenvalue weighted by molar-refractivity contribution is -0.130. The third-order valence-corrected chi connectivity index (χ3v) is 5.38. The topological polar surface area (TPSA) is 66.7 Å². The molecule has 0 radical (unpaired) electrons. The predicted octanol–water partition coefficient (Wildman–Crippen LogP) is 2.81. The number of likely N-dealkylation sites (tertiary alicyclic amines) is 2. The Morgan fingerprint density at radius 2 is 2.12 bits per heavy atom. The maximum Gasteiger partial charge on any atom is 0.292 e. The minimum Gasteiger partial charge on any atom is -0.351 e. The summed E-state index contributed by atoms with van der Waals surface area (Å²) in [5.74, 6) is 0.790. The highest BCUT2D eigenvalue weighted by atomic mass is 16.5. The molecule has 3 heterocycles. The van der Waals surface area contributed by atoms with Gasteiger partial charge in [-0.25, -0.2) is 0 Å². The van der Waals surface area contributed by atoms with E-state index in [-0.39, 0.29) is 17.9 Å². The predicted molar refractivity (Wildman–Crippen MR) is 89.7 cm³/mol. The van der Waals surface area contributed by atoms with E-state index < -0.39 is 0 Å². The number of rotatable bonds is 5. The maximum absolute atomic E-state index is 12.7. The Hall–Kier alpha value is -1.85. The molecule has 2 saturated heterocycles. The summed E-state index contributed by atoms with van der Waals surface area (Å²) in [5.41, 5.74) is 0.867. The van der Waals surface area contributed by atoms with Gasteiger partial charge in [0.15, 0.2) is 0 Å². The fourth-order valence-corrected chi connectivity index (χ4v) is 3.89. The smallest absolute Gasteiger partial charge is 0.292 e. The molecule has 0 aliphatic carbocycles. The van der Waals surface area contributed by atoms with E-state index in [4.69, 9.17) is 4.52 Å². The number of hydrogen-bond acceptors (Lipinski definition) is 4. The van der Waals surface area contributed by atoms with Gasteiger partial charge in [0.1, 0.15) is 0 Å². The van der Waals surface area contributed by atoms with Crippen molar-refractivity contribution >= 4 is 11.8 Å². The van der Waals surface area contributed by atoms with Gasteiger partial charge in [0.05, 0.1) is 5.69 Å². The van der Waals surface area contributed by atoms with E-state index in [1.807, 2.05) is 9.80 Å². The number of aromatic nitrogens is 1. The highest BCUT2D eigenvalue weighted by molar-refractivity contribution is 5.91. The van der Waals surface area contributed by atoms with Crippen molar-refractivity contribution in [1.82, 2.24) is 15.0 Å². The molecule has 1 aromatic rings. The van der Waals surface area contributed by atoms with Crippen LogP contribution in [0.15, 0.2) is 10.6 Å². The molecule has 24 heavy (non-hydrogen) atoms. The van der Waals surface area contributed by atoms with E-state index in [9.17, 15) is 9.59 Å². The molecule has 0 spiro atoms. The molecule has 0 bridgehead atoms. The zero-order valence-electron chi connectivity index (χ0n) is 14.7. The van der Waals surface area contributed by atoms with E-state index in [0.29, 0.717) is 24.6 Å². The summed E-state index contributed by atoms with van der Waals surface area (Å²) >= 11 is 0. The van der Waals surface area contributed by atoms with Crippen molar-refractivity contribution in [1.29, 1.82) is 0 Å². The van der Waals surface area contributed by atoms with E-state index in [1.54, 1.807) is 6.07 Å². The normalized spacial score (nSPS) is 21.8. The second-order valence-corrected chi connectivity index (χ2v) is 6.87. The summed E-state index contributed by atoms with van der Waals surface area (Å²) in [6.07, 6.45) is 5.45. The average Bonchev–Trinajstić information content (AvgIpc) is 3.25. The van der Waals surface area contributed by atoms with Gasteiger partial charge in [-0.3, -0.25) is 9.59 Å². The minimum absolute atomic E-state index is 0.101. The molecule has 1 aromatic heterocycles. The van der Waals surface area contributed by atoms with E-state index >= 15 is 0 Å². The molecule has 0 unspecified atom stereocenters. The van der Waals surface area contributed by atoms with Gasteiger partial charge < -0.3 is 14.3 Å². The van der Waals surface area contributed by atoms with Crippen LogP contribution in [0.25, 0.3) is 0 Å². The third-order valence-electron chi connectivity index (χ3n) is 5.38. The summed E-state index contributed by atoms with van der Waals surface area (Å²) < 4.78 is 5.32. The zero-order valence-corrected chi connectivity index (χ0v) is 14.7. The van der Waals surface area contributed by atoms with Gasteiger partial charge in [-0.1, -0.05) is 19.0 Å². The Balaban J connectivity index is 1.67. The SMILES string of the molecule is CCC(CC)c1cc(C(=O)N2CCC[C@@H](N3CCCC3=O)C2)on1. The van der Waals surface area contributed by atoms with E-state index in [1.165, 1.54) is 0 Å². The monoisotopic (exact) mass is 333 g/mol. The first-order valence-corrected chi connectivity index (χ1v) is 9.19. The number of carbonyl (C=O) groups excluding carboxylic acids is 2. The van der Waals surface area contributed by atoms with Gasteiger partial charge in [-0.05, 0) is 32.1 Å². The van der Waals surface area contributed by atoms with Gasteiger partial charge in [0.2, 0.25) is 11.7 Å². The van der Waals surface area contributed by atoms with Gasteiger partial charge in [0, 0.05) is 44.1 Å². The summed E-state index contributed by atoms with van der Waals surface area (Å²) in [5, 5.41) is 4.10. The zero-order chi connectivity index (χ0) is 17.1. The Bertz CT molecular complexity index is 594. The molecule has 2 aliphatic rings. The van der Waals surface area contributed by atoms with E-state index in [2.05, 4.69) is 19.0 Å². The maximum atomic E-state index is 12.7. The molecule has 3 rings (SSSR count). The van der Waals surface area contributed by atoms with Crippen molar-refractivity contribution in [2.45, 2.75) is 64.3 Å². The molecule has 6 heteroatoms. The molecule has 0 N–H and O–H groups in total. The van der Waals surface area contributed by atoms with E-state index in [0.717, 1.165) is 50.9 Å². The van der Waals surface area contributed by atoms with Crippen molar-refractivity contribution in [3.8, 4) is 0 Å². The third kappa shape index (κ3) is 3.32. The van der Waals surface area contributed by atoms with Crippen molar-refractivity contribution in [2.75, 3.05) is 19.6 Å². The lowest BCUT2D eigenvalue weighted by Gasteiger charge is -2.37. The summed E-state index contributed by atoms with van der Waals surface area (Å²) in [6.45, 7) is 6.38. The van der Waals surface area contributed by atoms with Crippen molar-refractivity contribution < 1.29 is 14.1 Å².